The highest BCUT2D eigenvalue weighted by Crippen LogP contribution is 2.15. The Morgan fingerprint density at radius 1 is 1.38 bits per heavy atom. The summed E-state index contributed by atoms with van der Waals surface area (Å²) in [5, 5.41) is 10.4. The summed E-state index contributed by atoms with van der Waals surface area (Å²) in [7, 11) is -1.12. The number of benzene rings is 1. The lowest BCUT2D eigenvalue weighted by Crippen LogP contribution is -1.98. The lowest BCUT2D eigenvalue weighted by molar-refractivity contribution is -0.384. The second kappa shape index (κ2) is 6.03. The van der Waals surface area contributed by atoms with E-state index in [0.29, 0.717) is 23.5 Å². The summed E-state index contributed by atoms with van der Waals surface area (Å²) in [4.78, 5) is 10.5. The summed E-state index contributed by atoms with van der Waals surface area (Å²) in [5.74, 6) is 2.96. The van der Waals surface area contributed by atoms with Crippen molar-refractivity contribution in [2.45, 2.75) is 17.7 Å². The smallest absolute Gasteiger partial charge is 0.258 e. The van der Waals surface area contributed by atoms with E-state index >= 15 is 0 Å². The maximum absolute atomic E-state index is 11.7. The van der Waals surface area contributed by atoms with E-state index in [-0.39, 0.29) is 5.69 Å². The van der Waals surface area contributed by atoms with E-state index in [1.54, 1.807) is 0 Å². The summed E-state index contributed by atoms with van der Waals surface area (Å²) in [6.45, 7) is 0. The molecule has 84 valence electrons. The largest absolute Gasteiger partial charge is 0.269 e. The number of non-ortho nitro benzene ring substituents is 1. The molecule has 1 aromatic rings. The first-order valence-electron chi connectivity index (χ1n) is 4.71. The van der Waals surface area contributed by atoms with E-state index in [4.69, 9.17) is 6.42 Å². The molecule has 0 N–H and O–H groups in total. The highest BCUT2D eigenvalue weighted by molar-refractivity contribution is 7.85. The molecule has 16 heavy (non-hydrogen) atoms. The number of nitro benzene ring substituents is 1. The minimum atomic E-state index is -1.12. The summed E-state index contributed by atoms with van der Waals surface area (Å²) in [6.07, 6.45) is 6.37. The summed E-state index contributed by atoms with van der Waals surface area (Å²) < 4.78 is 11.7. The minimum Gasteiger partial charge on any atom is -0.258 e. The van der Waals surface area contributed by atoms with E-state index < -0.39 is 15.7 Å². The Morgan fingerprint density at radius 2 is 2.00 bits per heavy atom. The molecule has 5 heteroatoms. The van der Waals surface area contributed by atoms with Gasteiger partial charge in [0.25, 0.3) is 5.69 Å². The third-order valence-electron chi connectivity index (χ3n) is 1.96. The van der Waals surface area contributed by atoms with Crippen molar-refractivity contribution < 1.29 is 9.13 Å². The first kappa shape index (κ1) is 12.4. The number of rotatable bonds is 5. The normalized spacial score (nSPS) is 11.7. The van der Waals surface area contributed by atoms with Crippen LogP contribution in [0, 0.1) is 22.5 Å². The molecule has 0 amide bonds. The predicted octanol–water partition coefficient (Wildman–Crippen LogP) is 2.12. The Morgan fingerprint density at radius 3 is 2.50 bits per heavy atom. The van der Waals surface area contributed by atoms with Crippen molar-refractivity contribution in [3.8, 4) is 12.3 Å². The number of nitro groups is 1. The van der Waals surface area contributed by atoms with E-state index in [1.807, 2.05) is 0 Å². The Hall–Kier alpha value is -1.67. The maximum atomic E-state index is 11.7. The highest BCUT2D eigenvalue weighted by atomic mass is 32.2. The molecule has 0 saturated heterocycles. The lowest BCUT2D eigenvalue weighted by Gasteiger charge is -2.00. The molecular weight excluding hydrogens is 226 g/mol. The molecule has 1 rings (SSSR count). The lowest BCUT2D eigenvalue weighted by atomic mass is 10.3. The number of unbranched alkanes of at least 4 members (excludes halogenated alkanes) is 1. The van der Waals surface area contributed by atoms with E-state index in [1.165, 1.54) is 24.3 Å². The first-order chi connectivity index (χ1) is 7.65. The molecule has 0 aromatic heterocycles. The minimum absolute atomic E-state index is 0.00405. The molecule has 4 nitrogen and oxygen atoms in total. The molecule has 0 aliphatic carbocycles. The zero-order chi connectivity index (χ0) is 12.0. The molecule has 0 heterocycles. The molecule has 0 aliphatic rings. The number of terminal acetylenes is 1. The molecular formula is C11H11NO3S. The number of nitrogens with zero attached hydrogens (tertiary/aromatic N) is 1. The van der Waals surface area contributed by atoms with Crippen LogP contribution in [0.5, 0.6) is 0 Å². The van der Waals surface area contributed by atoms with Crippen LogP contribution in [0.2, 0.25) is 0 Å². The van der Waals surface area contributed by atoms with Gasteiger partial charge in [0, 0.05) is 29.2 Å². The van der Waals surface area contributed by atoms with Crippen LogP contribution < -0.4 is 0 Å². The second-order valence-corrected chi connectivity index (χ2v) is 4.68. The second-order valence-electron chi connectivity index (χ2n) is 3.11. The van der Waals surface area contributed by atoms with Crippen LogP contribution in [0.1, 0.15) is 12.8 Å². The van der Waals surface area contributed by atoms with Gasteiger partial charge in [0.2, 0.25) is 0 Å². The molecule has 0 saturated carbocycles. The Balaban J connectivity index is 2.64. The van der Waals surface area contributed by atoms with Crippen molar-refractivity contribution in [3.63, 3.8) is 0 Å². The number of hydrogen-bond acceptors (Lipinski definition) is 3. The molecule has 0 radical (unpaired) electrons. The van der Waals surface area contributed by atoms with Gasteiger partial charge < -0.3 is 0 Å². The van der Waals surface area contributed by atoms with Crippen LogP contribution in [0.4, 0.5) is 5.69 Å². The van der Waals surface area contributed by atoms with Crippen molar-refractivity contribution in [3.05, 3.63) is 34.4 Å². The highest BCUT2D eigenvalue weighted by Gasteiger charge is 2.07. The Labute approximate surface area is 96.3 Å². The SMILES string of the molecule is C#CCCC[S@@](=O)c1ccc([N+](=O)[O-])cc1. The fourth-order valence-electron chi connectivity index (χ4n) is 1.14. The van der Waals surface area contributed by atoms with Crippen LogP contribution in [-0.2, 0) is 10.8 Å². The maximum Gasteiger partial charge on any atom is 0.269 e. The van der Waals surface area contributed by atoms with Gasteiger partial charge >= 0.3 is 0 Å². The summed E-state index contributed by atoms with van der Waals surface area (Å²) in [5.41, 5.74) is 0.00405. The Bertz CT molecular complexity index is 434. The molecule has 0 spiro atoms. The molecule has 0 bridgehead atoms. The first-order valence-corrected chi connectivity index (χ1v) is 6.03. The third-order valence-corrected chi connectivity index (χ3v) is 3.42. The zero-order valence-electron chi connectivity index (χ0n) is 8.59. The molecule has 0 aliphatic heterocycles. The average Bonchev–Trinajstić information content (AvgIpc) is 2.29. The van der Waals surface area contributed by atoms with Gasteiger partial charge in [0.15, 0.2) is 0 Å². The number of hydrogen-bond donors (Lipinski definition) is 0. The van der Waals surface area contributed by atoms with Crippen LogP contribution in [0.3, 0.4) is 0 Å². The van der Waals surface area contributed by atoms with Gasteiger partial charge in [0.1, 0.15) is 0 Å². The van der Waals surface area contributed by atoms with E-state index in [0.717, 1.165) is 0 Å². The van der Waals surface area contributed by atoms with Crippen LogP contribution in [-0.4, -0.2) is 14.9 Å². The van der Waals surface area contributed by atoms with Crippen LogP contribution >= 0.6 is 0 Å². The Kier molecular flexibility index (Phi) is 4.67. The van der Waals surface area contributed by atoms with Crippen LogP contribution in [0.15, 0.2) is 29.2 Å². The summed E-state index contributed by atoms with van der Waals surface area (Å²) >= 11 is 0. The fraction of sp³-hybridized carbons (Fsp3) is 0.273. The van der Waals surface area contributed by atoms with E-state index in [2.05, 4.69) is 5.92 Å². The zero-order valence-corrected chi connectivity index (χ0v) is 9.40. The van der Waals surface area contributed by atoms with Crippen molar-refractivity contribution in [1.29, 1.82) is 0 Å². The van der Waals surface area contributed by atoms with Crippen molar-refractivity contribution in [1.82, 2.24) is 0 Å². The van der Waals surface area contributed by atoms with Crippen molar-refractivity contribution in [2.24, 2.45) is 0 Å². The fourth-order valence-corrected chi connectivity index (χ4v) is 2.22. The van der Waals surface area contributed by atoms with Gasteiger partial charge in [-0.25, -0.2) is 0 Å². The predicted molar refractivity (Wildman–Crippen MR) is 62.4 cm³/mol. The van der Waals surface area contributed by atoms with Gasteiger partial charge in [0.05, 0.1) is 15.7 Å². The van der Waals surface area contributed by atoms with Gasteiger partial charge in [-0.05, 0) is 18.6 Å². The van der Waals surface area contributed by atoms with E-state index in [9.17, 15) is 14.3 Å². The molecule has 0 unspecified atom stereocenters. The molecule has 1 aromatic carbocycles. The average molecular weight is 237 g/mol. The van der Waals surface area contributed by atoms with Gasteiger partial charge in [-0.3, -0.25) is 14.3 Å². The van der Waals surface area contributed by atoms with Gasteiger partial charge in [-0.15, -0.1) is 12.3 Å². The van der Waals surface area contributed by atoms with Gasteiger partial charge in [-0.2, -0.15) is 0 Å². The van der Waals surface area contributed by atoms with Crippen molar-refractivity contribution in [2.75, 3.05) is 5.75 Å². The monoisotopic (exact) mass is 237 g/mol. The molecule has 0 fully saturated rings. The summed E-state index contributed by atoms with van der Waals surface area (Å²) in [6, 6.07) is 5.75. The van der Waals surface area contributed by atoms with Gasteiger partial charge in [-0.1, -0.05) is 0 Å². The molecule has 1 atom stereocenters. The quantitative estimate of drug-likeness (QED) is 0.341. The standard InChI is InChI=1S/C11H11NO3S/c1-2-3-4-9-16(15)11-7-5-10(6-8-11)12(13)14/h1,5-8H,3-4,9H2/t16-/m1/s1. The third kappa shape index (κ3) is 3.48. The topological polar surface area (TPSA) is 60.2 Å². The van der Waals surface area contributed by atoms with Crippen molar-refractivity contribution >= 4 is 16.5 Å². The van der Waals surface area contributed by atoms with Crippen LogP contribution in [0.25, 0.3) is 0 Å².